The SMILES string of the molecule is CCC(CC)C(N)c1c(F)cccc1OC. The number of methoxy groups -OCH3 is 1. The molecule has 0 heterocycles. The van der Waals surface area contributed by atoms with Crippen LogP contribution in [-0.2, 0) is 0 Å². The first-order valence-corrected chi connectivity index (χ1v) is 5.73. The third-order valence-corrected chi connectivity index (χ3v) is 3.12. The Morgan fingerprint density at radius 1 is 1.31 bits per heavy atom. The standard InChI is InChI=1S/C13H20FNO/c1-4-9(5-2)13(15)12-10(14)7-6-8-11(12)16-3/h6-9,13H,4-5,15H2,1-3H3. The Balaban J connectivity index is 3.10. The summed E-state index contributed by atoms with van der Waals surface area (Å²) in [5.74, 6) is 0.545. The normalized spacial score (nSPS) is 12.9. The molecule has 3 heteroatoms. The van der Waals surface area contributed by atoms with E-state index >= 15 is 0 Å². The van der Waals surface area contributed by atoms with Gasteiger partial charge in [-0.15, -0.1) is 0 Å². The molecule has 0 amide bonds. The van der Waals surface area contributed by atoms with Crippen molar-refractivity contribution in [3.63, 3.8) is 0 Å². The predicted molar refractivity (Wildman–Crippen MR) is 64.0 cm³/mol. The average molecular weight is 225 g/mol. The van der Waals surface area contributed by atoms with Gasteiger partial charge in [-0.3, -0.25) is 0 Å². The number of benzene rings is 1. The zero-order valence-electron chi connectivity index (χ0n) is 10.2. The van der Waals surface area contributed by atoms with Gasteiger partial charge in [-0.25, -0.2) is 4.39 Å². The summed E-state index contributed by atoms with van der Waals surface area (Å²) in [6.45, 7) is 4.14. The Bertz CT molecular complexity index is 337. The molecule has 0 saturated carbocycles. The topological polar surface area (TPSA) is 35.2 Å². The van der Waals surface area contributed by atoms with Crippen LogP contribution in [0.25, 0.3) is 0 Å². The predicted octanol–water partition coefficient (Wildman–Crippen LogP) is 3.27. The van der Waals surface area contributed by atoms with Gasteiger partial charge in [-0.05, 0) is 18.1 Å². The number of rotatable bonds is 5. The van der Waals surface area contributed by atoms with Crippen molar-refractivity contribution in [3.05, 3.63) is 29.6 Å². The van der Waals surface area contributed by atoms with Crippen LogP contribution in [0, 0.1) is 11.7 Å². The van der Waals surface area contributed by atoms with E-state index in [4.69, 9.17) is 10.5 Å². The van der Waals surface area contributed by atoms with E-state index in [1.165, 1.54) is 13.2 Å². The second kappa shape index (κ2) is 5.85. The molecule has 2 nitrogen and oxygen atoms in total. The molecule has 0 aromatic heterocycles. The molecule has 0 aliphatic carbocycles. The van der Waals surface area contributed by atoms with Crippen molar-refractivity contribution in [1.29, 1.82) is 0 Å². The van der Waals surface area contributed by atoms with Crippen molar-refractivity contribution in [2.75, 3.05) is 7.11 Å². The van der Waals surface area contributed by atoms with Crippen LogP contribution in [0.3, 0.4) is 0 Å². The molecule has 90 valence electrons. The van der Waals surface area contributed by atoms with Gasteiger partial charge in [0.2, 0.25) is 0 Å². The van der Waals surface area contributed by atoms with E-state index < -0.39 is 0 Å². The molecule has 0 spiro atoms. The van der Waals surface area contributed by atoms with Crippen molar-refractivity contribution in [3.8, 4) is 5.75 Å². The van der Waals surface area contributed by atoms with E-state index in [0.29, 0.717) is 11.3 Å². The van der Waals surface area contributed by atoms with Gasteiger partial charge in [0.05, 0.1) is 7.11 Å². The molecule has 0 fully saturated rings. The zero-order valence-corrected chi connectivity index (χ0v) is 10.2. The Hall–Kier alpha value is -1.09. The molecule has 1 rings (SSSR count). The Labute approximate surface area is 96.6 Å². The lowest BCUT2D eigenvalue weighted by Crippen LogP contribution is -2.22. The highest BCUT2D eigenvalue weighted by atomic mass is 19.1. The largest absolute Gasteiger partial charge is 0.496 e. The summed E-state index contributed by atoms with van der Waals surface area (Å²) < 4.78 is 18.9. The first-order valence-electron chi connectivity index (χ1n) is 5.73. The van der Waals surface area contributed by atoms with E-state index in [2.05, 4.69) is 13.8 Å². The van der Waals surface area contributed by atoms with Crippen LogP contribution in [-0.4, -0.2) is 7.11 Å². The lowest BCUT2D eigenvalue weighted by atomic mass is 9.89. The minimum Gasteiger partial charge on any atom is -0.496 e. The first-order chi connectivity index (χ1) is 7.65. The summed E-state index contributed by atoms with van der Waals surface area (Å²) in [5, 5.41) is 0. The lowest BCUT2D eigenvalue weighted by Gasteiger charge is -2.23. The van der Waals surface area contributed by atoms with Crippen molar-refractivity contribution in [2.24, 2.45) is 11.7 Å². The van der Waals surface area contributed by atoms with Gasteiger partial charge in [-0.2, -0.15) is 0 Å². The molecule has 1 unspecified atom stereocenters. The molecule has 1 aromatic carbocycles. The summed E-state index contributed by atoms with van der Waals surface area (Å²) in [6.07, 6.45) is 1.88. The van der Waals surface area contributed by atoms with Crippen molar-refractivity contribution in [2.45, 2.75) is 32.7 Å². The summed E-state index contributed by atoms with van der Waals surface area (Å²) in [5.41, 5.74) is 6.62. The first kappa shape index (κ1) is 13.0. The van der Waals surface area contributed by atoms with E-state index in [9.17, 15) is 4.39 Å². The molecule has 16 heavy (non-hydrogen) atoms. The number of hydrogen-bond donors (Lipinski definition) is 1. The second-order valence-electron chi connectivity index (χ2n) is 3.96. The minimum atomic E-state index is -0.300. The summed E-state index contributed by atoms with van der Waals surface area (Å²) in [7, 11) is 1.54. The smallest absolute Gasteiger partial charge is 0.131 e. The fourth-order valence-electron chi connectivity index (χ4n) is 2.05. The van der Waals surface area contributed by atoms with Crippen molar-refractivity contribution >= 4 is 0 Å². The zero-order chi connectivity index (χ0) is 12.1. The van der Waals surface area contributed by atoms with Gasteiger partial charge in [-0.1, -0.05) is 32.8 Å². The molecule has 0 aliphatic heterocycles. The maximum absolute atomic E-state index is 13.8. The molecule has 0 saturated heterocycles. The van der Waals surface area contributed by atoms with Crippen molar-refractivity contribution in [1.82, 2.24) is 0 Å². The molecule has 0 bridgehead atoms. The van der Waals surface area contributed by atoms with Crippen LogP contribution in [0.5, 0.6) is 5.75 Å². The third kappa shape index (κ3) is 2.53. The van der Waals surface area contributed by atoms with Crippen LogP contribution in [0.2, 0.25) is 0 Å². The fourth-order valence-corrected chi connectivity index (χ4v) is 2.05. The maximum Gasteiger partial charge on any atom is 0.131 e. The van der Waals surface area contributed by atoms with Crippen LogP contribution in [0.1, 0.15) is 38.3 Å². The third-order valence-electron chi connectivity index (χ3n) is 3.12. The average Bonchev–Trinajstić information content (AvgIpc) is 2.29. The molecular formula is C13H20FNO. The quantitative estimate of drug-likeness (QED) is 0.834. The van der Waals surface area contributed by atoms with Gasteiger partial charge in [0.1, 0.15) is 11.6 Å². The van der Waals surface area contributed by atoms with Crippen LogP contribution >= 0.6 is 0 Å². The second-order valence-corrected chi connectivity index (χ2v) is 3.96. The van der Waals surface area contributed by atoms with Crippen LogP contribution < -0.4 is 10.5 Å². The summed E-state index contributed by atoms with van der Waals surface area (Å²) in [6, 6.07) is 4.52. The van der Waals surface area contributed by atoms with Gasteiger partial charge in [0, 0.05) is 11.6 Å². The van der Waals surface area contributed by atoms with Gasteiger partial charge < -0.3 is 10.5 Å². The van der Waals surface area contributed by atoms with E-state index in [-0.39, 0.29) is 17.8 Å². The minimum absolute atomic E-state index is 0.279. The molecule has 0 aliphatic rings. The van der Waals surface area contributed by atoms with Gasteiger partial charge in [0.25, 0.3) is 0 Å². The molecule has 0 radical (unpaired) electrons. The highest BCUT2D eigenvalue weighted by molar-refractivity contribution is 5.37. The summed E-state index contributed by atoms with van der Waals surface area (Å²) >= 11 is 0. The number of hydrogen-bond acceptors (Lipinski definition) is 2. The van der Waals surface area contributed by atoms with E-state index in [0.717, 1.165) is 12.8 Å². The van der Waals surface area contributed by atoms with E-state index in [1.807, 2.05) is 0 Å². The van der Waals surface area contributed by atoms with Crippen LogP contribution in [0.15, 0.2) is 18.2 Å². The Morgan fingerprint density at radius 2 is 1.94 bits per heavy atom. The fraction of sp³-hybridized carbons (Fsp3) is 0.538. The van der Waals surface area contributed by atoms with E-state index in [1.54, 1.807) is 12.1 Å². The van der Waals surface area contributed by atoms with Gasteiger partial charge in [0.15, 0.2) is 0 Å². The number of nitrogens with two attached hydrogens (primary N) is 1. The Kier molecular flexibility index (Phi) is 4.74. The molecule has 1 aromatic rings. The highest BCUT2D eigenvalue weighted by Gasteiger charge is 2.22. The van der Waals surface area contributed by atoms with Crippen LogP contribution in [0.4, 0.5) is 4.39 Å². The lowest BCUT2D eigenvalue weighted by molar-refractivity contribution is 0.360. The number of halogens is 1. The molecule has 2 N–H and O–H groups in total. The highest BCUT2D eigenvalue weighted by Crippen LogP contribution is 2.33. The Morgan fingerprint density at radius 3 is 2.44 bits per heavy atom. The molecular weight excluding hydrogens is 205 g/mol. The van der Waals surface area contributed by atoms with Gasteiger partial charge >= 0.3 is 0 Å². The summed E-state index contributed by atoms with van der Waals surface area (Å²) in [4.78, 5) is 0. The monoisotopic (exact) mass is 225 g/mol. The molecule has 1 atom stereocenters. The number of ether oxygens (including phenoxy) is 1. The maximum atomic E-state index is 13.8. The van der Waals surface area contributed by atoms with Crippen molar-refractivity contribution < 1.29 is 9.13 Å².